The first kappa shape index (κ1) is 19.4. The van der Waals surface area contributed by atoms with E-state index in [1.54, 1.807) is 0 Å². The Kier molecular flexibility index (Phi) is 7.01. The maximum Gasteiger partial charge on any atom is 0.184 e. The summed E-state index contributed by atoms with van der Waals surface area (Å²) >= 11 is 0. The van der Waals surface area contributed by atoms with E-state index in [4.69, 9.17) is 23.7 Å². The summed E-state index contributed by atoms with van der Waals surface area (Å²) in [5.74, 6) is 0. The summed E-state index contributed by atoms with van der Waals surface area (Å²) in [5, 5.41) is 38.4. The highest BCUT2D eigenvalue weighted by Crippen LogP contribution is 2.25. The van der Waals surface area contributed by atoms with E-state index in [0.29, 0.717) is 32.5 Å². The van der Waals surface area contributed by atoms with Crippen molar-refractivity contribution in [3.05, 3.63) is 0 Å². The molecule has 8 atom stereocenters. The highest BCUT2D eigenvalue weighted by Gasteiger charge is 2.36. The van der Waals surface area contributed by atoms with Crippen LogP contribution in [0.2, 0.25) is 0 Å². The van der Waals surface area contributed by atoms with Crippen molar-refractivity contribution in [3.63, 3.8) is 0 Å². The maximum atomic E-state index is 9.93. The Morgan fingerprint density at radius 1 is 0.840 bits per heavy atom. The van der Waals surface area contributed by atoms with Gasteiger partial charge in [0.05, 0.1) is 56.9 Å². The van der Waals surface area contributed by atoms with Crippen molar-refractivity contribution >= 4 is 0 Å². The fraction of sp³-hybridized carbons (Fsp3) is 1.00. The fourth-order valence-corrected chi connectivity index (χ4v) is 3.41. The lowest BCUT2D eigenvalue weighted by atomic mass is 10.1. The summed E-state index contributed by atoms with van der Waals surface area (Å²) in [7, 11) is 0. The van der Waals surface area contributed by atoms with Crippen molar-refractivity contribution in [2.45, 2.75) is 74.9 Å². The molecular weight excluding hydrogens is 336 g/mol. The van der Waals surface area contributed by atoms with E-state index in [1.165, 1.54) is 0 Å². The number of hydrogen-bond donors (Lipinski definition) is 4. The first-order valence-electron chi connectivity index (χ1n) is 8.84. The van der Waals surface area contributed by atoms with Crippen LogP contribution in [0.15, 0.2) is 0 Å². The van der Waals surface area contributed by atoms with Gasteiger partial charge in [-0.3, -0.25) is 0 Å². The molecule has 9 heteroatoms. The lowest BCUT2D eigenvalue weighted by Crippen LogP contribution is -2.48. The Morgan fingerprint density at radius 3 is 2.32 bits per heavy atom. The standard InChI is InChI=1S/C16H28O9/c17-5-11-1-9(18)3-15(23-11)24-12-4-13(8-21-7-12)25-16-14(20)2-10(19)6-22-16/h9-20H,1-8H2/t9-,10+,11-,12-,13+,14-,15-,16-/m1/s1. The molecule has 0 aromatic carbocycles. The Labute approximate surface area is 146 Å². The van der Waals surface area contributed by atoms with Crippen molar-refractivity contribution < 1.29 is 44.1 Å². The minimum absolute atomic E-state index is 0.131. The summed E-state index contributed by atoms with van der Waals surface area (Å²) in [6.07, 6.45) is -3.03. The highest BCUT2D eigenvalue weighted by molar-refractivity contribution is 4.79. The lowest BCUT2D eigenvalue weighted by Gasteiger charge is -2.38. The van der Waals surface area contributed by atoms with Crippen molar-refractivity contribution in [1.82, 2.24) is 0 Å². The number of hydrogen-bond acceptors (Lipinski definition) is 9. The molecule has 9 nitrogen and oxygen atoms in total. The molecule has 3 heterocycles. The molecular formula is C16H28O9. The molecule has 146 valence electrons. The van der Waals surface area contributed by atoms with Crippen LogP contribution in [0.5, 0.6) is 0 Å². The van der Waals surface area contributed by atoms with Crippen LogP contribution >= 0.6 is 0 Å². The summed E-state index contributed by atoms with van der Waals surface area (Å²) < 4.78 is 28.1. The van der Waals surface area contributed by atoms with Gasteiger partial charge in [-0.05, 0) is 0 Å². The molecule has 3 saturated heterocycles. The average Bonchev–Trinajstić information content (AvgIpc) is 2.57. The summed E-state index contributed by atoms with van der Waals surface area (Å²) in [6, 6.07) is 0. The minimum Gasteiger partial charge on any atom is -0.394 e. The predicted octanol–water partition coefficient (Wildman–Crippen LogP) is -1.50. The quantitative estimate of drug-likeness (QED) is 0.461. The molecule has 0 unspecified atom stereocenters. The molecule has 3 aliphatic heterocycles. The molecule has 3 fully saturated rings. The van der Waals surface area contributed by atoms with Crippen molar-refractivity contribution in [1.29, 1.82) is 0 Å². The van der Waals surface area contributed by atoms with Gasteiger partial charge in [0.2, 0.25) is 0 Å². The Balaban J connectivity index is 1.46. The largest absolute Gasteiger partial charge is 0.394 e. The summed E-state index contributed by atoms with van der Waals surface area (Å²) in [6.45, 7) is 0.715. The van der Waals surface area contributed by atoms with Crippen LogP contribution in [0, 0.1) is 0 Å². The van der Waals surface area contributed by atoms with Crippen molar-refractivity contribution in [2.24, 2.45) is 0 Å². The normalized spacial score (nSPS) is 46.1. The second kappa shape index (κ2) is 9.03. The van der Waals surface area contributed by atoms with Gasteiger partial charge in [0.25, 0.3) is 0 Å². The van der Waals surface area contributed by atoms with E-state index in [9.17, 15) is 20.4 Å². The third-order valence-corrected chi connectivity index (χ3v) is 4.63. The van der Waals surface area contributed by atoms with Gasteiger partial charge in [-0.15, -0.1) is 0 Å². The van der Waals surface area contributed by atoms with E-state index in [-0.39, 0.29) is 31.8 Å². The molecule has 0 aliphatic carbocycles. The number of rotatable bonds is 5. The second-order valence-corrected chi connectivity index (χ2v) is 6.94. The molecule has 4 N–H and O–H groups in total. The van der Waals surface area contributed by atoms with E-state index in [1.807, 2.05) is 0 Å². The van der Waals surface area contributed by atoms with Crippen LogP contribution in [0.25, 0.3) is 0 Å². The van der Waals surface area contributed by atoms with E-state index in [2.05, 4.69) is 0 Å². The molecule has 25 heavy (non-hydrogen) atoms. The van der Waals surface area contributed by atoms with E-state index in [0.717, 1.165) is 0 Å². The monoisotopic (exact) mass is 364 g/mol. The number of aliphatic hydroxyl groups is 4. The van der Waals surface area contributed by atoms with Gasteiger partial charge in [0.1, 0.15) is 6.10 Å². The van der Waals surface area contributed by atoms with Crippen molar-refractivity contribution in [2.75, 3.05) is 26.4 Å². The van der Waals surface area contributed by atoms with Crippen LogP contribution in [-0.2, 0) is 23.7 Å². The third-order valence-electron chi connectivity index (χ3n) is 4.63. The van der Waals surface area contributed by atoms with Gasteiger partial charge in [0.15, 0.2) is 12.6 Å². The zero-order valence-electron chi connectivity index (χ0n) is 14.1. The van der Waals surface area contributed by atoms with Crippen LogP contribution in [0.4, 0.5) is 0 Å². The molecule has 0 aromatic rings. The molecule has 3 aliphatic rings. The molecule has 0 bridgehead atoms. The van der Waals surface area contributed by atoms with Gasteiger partial charge >= 0.3 is 0 Å². The van der Waals surface area contributed by atoms with Crippen LogP contribution < -0.4 is 0 Å². The minimum atomic E-state index is -0.882. The van der Waals surface area contributed by atoms with Crippen LogP contribution in [0.1, 0.15) is 25.7 Å². The smallest absolute Gasteiger partial charge is 0.184 e. The van der Waals surface area contributed by atoms with Gasteiger partial charge in [-0.2, -0.15) is 0 Å². The topological polar surface area (TPSA) is 127 Å². The van der Waals surface area contributed by atoms with Gasteiger partial charge in [-0.1, -0.05) is 0 Å². The SMILES string of the molecule is OC[C@H]1C[C@@H](O)C[C@@H](O[C@H]2COC[C@@H](O[C@H]3OC[C@@H](O)C[C@H]3O)C2)O1. The first-order chi connectivity index (χ1) is 12.0. The summed E-state index contributed by atoms with van der Waals surface area (Å²) in [4.78, 5) is 0. The molecule has 0 aromatic heterocycles. The molecule has 0 saturated carbocycles. The second-order valence-electron chi connectivity index (χ2n) is 6.94. The Morgan fingerprint density at radius 2 is 1.60 bits per heavy atom. The third kappa shape index (κ3) is 5.56. The Hall–Kier alpha value is -0.360. The average molecular weight is 364 g/mol. The molecule has 0 spiro atoms. The van der Waals surface area contributed by atoms with Crippen LogP contribution in [0.3, 0.4) is 0 Å². The molecule has 3 rings (SSSR count). The van der Waals surface area contributed by atoms with E-state index >= 15 is 0 Å². The van der Waals surface area contributed by atoms with Gasteiger partial charge in [-0.25, -0.2) is 0 Å². The van der Waals surface area contributed by atoms with Gasteiger partial charge in [0, 0.05) is 25.7 Å². The van der Waals surface area contributed by atoms with E-state index < -0.39 is 37.0 Å². The maximum absolute atomic E-state index is 9.93. The van der Waals surface area contributed by atoms with Crippen LogP contribution in [-0.4, -0.2) is 96.1 Å². The zero-order valence-corrected chi connectivity index (χ0v) is 14.1. The fourth-order valence-electron chi connectivity index (χ4n) is 3.41. The Bertz CT molecular complexity index is 409. The lowest BCUT2D eigenvalue weighted by molar-refractivity contribution is -0.284. The summed E-state index contributed by atoms with van der Waals surface area (Å²) in [5.41, 5.74) is 0. The predicted molar refractivity (Wildman–Crippen MR) is 82.5 cm³/mol. The van der Waals surface area contributed by atoms with Crippen molar-refractivity contribution in [3.8, 4) is 0 Å². The van der Waals surface area contributed by atoms with Gasteiger partial charge < -0.3 is 44.1 Å². The number of ether oxygens (including phenoxy) is 5. The zero-order chi connectivity index (χ0) is 17.8. The highest BCUT2D eigenvalue weighted by atomic mass is 16.7. The molecule has 0 amide bonds. The molecule has 0 radical (unpaired) electrons. The first-order valence-corrected chi connectivity index (χ1v) is 8.84. The number of aliphatic hydroxyl groups excluding tert-OH is 4.